The molecular formula is C28H44F3N3O. The van der Waals surface area contributed by atoms with Crippen LogP contribution in [0.15, 0.2) is 65.8 Å². The highest BCUT2D eigenvalue weighted by Gasteiger charge is 2.30. The van der Waals surface area contributed by atoms with E-state index in [1.165, 1.54) is 18.2 Å². The van der Waals surface area contributed by atoms with Gasteiger partial charge in [0.15, 0.2) is 0 Å². The minimum absolute atomic E-state index is 0. The van der Waals surface area contributed by atoms with Crippen molar-refractivity contribution in [2.24, 2.45) is 4.99 Å². The molecule has 0 atom stereocenters. The Morgan fingerprint density at radius 2 is 1.54 bits per heavy atom. The molecule has 1 saturated heterocycles. The molecule has 0 spiro atoms. The van der Waals surface area contributed by atoms with Gasteiger partial charge < -0.3 is 9.80 Å². The van der Waals surface area contributed by atoms with Gasteiger partial charge in [0, 0.05) is 38.8 Å². The van der Waals surface area contributed by atoms with Crippen molar-refractivity contribution in [3.05, 3.63) is 72.0 Å². The first-order valence-electron chi connectivity index (χ1n) is 12.0. The van der Waals surface area contributed by atoms with Gasteiger partial charge in [0.25, 0.3) is 0 Å². The first-order chi connectivity index (χ1) is 16.3. The van der Waals surface area contributed by atoms with Crippen molar-refractivity contribution in [1.82, 2.24) is 9.80 Å². The lowest BCUT2D eigenvalue weighted by Crippen LogP contribution is -2.50. The first kappa shape index (κ1) is 34.3. The Morgan fingerprint density at radius 1 is 1.03 bits per heavy atom. The molecule has 0 bridgehead atoms. The molecule has 1 heterocycles. The fourth-order valence-electron chi connectivity index (χ4n) is 3.30. The molecular weight excluding hydrogens is 451 g/mol. The summed E-state index contributed by atoms with van der Waals surface area (Å²) in [7, 11) is 0. The van der Waals surface area contributed by atoms with Crippen LogP contribution in [0, 0.1) is 0 Å². The van der Waals surface area contributed by atoms with Crippen molar-refractivity contribution in [2.75, 3.05) is 26.2 Å². The molecule has 0 unspecified atom stereocenters. The number of nitrogens with zero attached hydrogens (tertiary/aromatic N) is 3. The number of carbonyl (C=O) groups is 1. The predicted octanol–water partition coefficient (Wildman–Crippen LogP) is 7.54. The molecule has 1 fully saturated rings. The summed E-state index contributed by atoms with van der Waals surface area (Å²) in [6, 6.07) is 5.25. The van der Waals surface area contributed by atoms with Gasteiger partial charge in [0.05, 0.1) is 5.56 Å². The molecule has 1 amide bonds. The summed E-state index contributed by atoms with van der Waals surface area (Å²) in [5.74, 6) is 0.705. The van der Waals surface area contributed by atoms with Gasteiger partial charge in [-0.3, -0.25) is 4.79 Å². The highest BCUT2D eigenvalue weighted by molar-refractivity contribution is 5.99. The Balaban J connectivity index is 0. The quantitative estimate of drug-likeness (QED) is 0.232. The molecule has 0 saturated carbocycles. The fourth-order valence-corrected chi connectivity index (χ4v) is 3.30. The lowest BCUT2D eigenvalue weighted by molar-refractivity contribution is -0.137. The second kappa shape index (κ2) is 18.5. The van der Waals surface area contributed by atoms with E-state index in [4.69, 9.17) is 0 Å². The summed E-state index contributed by atoms with van der Waals surface area (Å²) in [5.41, 5.74) is 1.09. The third-order valence-corrected chi connectivity index (χ3v) is 4.82. The molecule has 0 aromatic heterocycles. The number of hydrogen-bond acceptors (Lipinski definition) is 2. The summed E-state index contributed by atoms with van der Waals surface area (Å²) in [6.45, 7) is 17.8. The molecule has 35 heavy (non-hydrogen) atoms. The molecule has 7 heteroatoms. The number of hydrogen-bond donors (Lipinski definition) is 0. The van der Waals surface area contributed by atoms with Crippen molar-refractivity contribution in [3.63, 3.8) is 0 Å². The van der Waals surface area contributed by atoms with Gasteiger partial charge in [-0.1, -0.05) is 72.9 Å². The van der Waals surface area contributed by atoms with Crippen molar-refractivity contribution in [2.45, 2.75) is 68.0 Å². The first-order valence-corrected chi connectivity index (χ1v) is 12.0. The molecule has 0 radical (unpaired) electrons. The minimum Gasteiger partial charge on any atom is -0.353 e. The zero-order valence-corrected chi connectivity index (χ0v) is 21.5. The number of amidine groups is 1. The van der Waals surface area contributed by atoms with Crippen LogP contribution in [0.1, 0.15) is 66.5 Å². The van der Waals surface area contributed by atoms with Crippen molar-refractivity contribution >= 4 is 11.7 Å². The van der Waals surface area contributed by atoms with E-state index in [0.717, 1.165) is 35.5 Å². The predicted molar refractivity (Wildman–Crippen MR) is 144 cm³/mol. The summed E-state index contributed by atoms with van der Waals surface area (Å²) in [4.78, 5) is 20.3. The van der Waals surface area contributed by atoms with Gasteiger partial charge >= 0.3 is 6.18 Å². The number of rotatable bonds is 6. The summed E-state index contributed by atoms with van der Waals surface area (Å²) in [5, 5.41) is 0. The van der Waals surface area contributed by atoms with Crippen LogP contribution in [0.4, 0.5) is 13.2 Å². The van der Waals surface area contributed by atoms with Crippen LogP contribution in [0.25, 0.3) is 0 Å². The second-order valence-electron chi connectivity index (χ2n) is 6.96. The maximum atomic E-state index is 12.8. The second-order valence-corrected chi connectivity index (χ2v) is 6.96. The maximum Gasteiger partial charge on any atom is 0.416 e. The number of allylic oxidation sites excluding steroid dienone is 2. The number of piperazine rings is 1. The number of carbonyl (C=O) groups excluding carboxylic acids is 1. The topological polar surface area (TPSA) is 35.9 Å². The number of benzene rings is 1. The lowest BCUT2D eigenvalue weighted by Gasteiger charge is -2.36. The van der Waals surface area contributed by atoms with Gasteiger partial charge in [-0.15, -0.1) is 0 Å². The fraction of sp³-hybridized carbons (Fsp3) is 0.500. The molecule has 1 aliphatic rings. The summed E-state index contributed by atoms with van der Waals surface area (Å²) in [6.07, 6.45) is 3.83. The Morgan fingerprint density at radius 3 is 1.97 bits per heavy atom. The van der Waals surface area contributed by atoms with Gasteiger partial charge in [-0.2, -0.15) is 13.2 Å². The number of halogens is 3. The average Bonchev–Trinajstić information content (AvgIpc) is 2.86. The smallest absolute Gasteiger partial charge is 0.353 e. The normalized spacial score (nSPS) is 14.3. The third kappa shape index (κ3) is 11.4. The molecule has 1 aromatic carbocycles. The van der Waals surface area contributed by atoms with E-state index in [0.29, 0.717) is 32.6 Å². The van der Waals surface area contributed by atoms with E-state index in [1.807, 2.05) is 47.6 Å². The summed E-state index contributed by atoms with van der Waals surface area (Å²) >= 11 is 0. The van der Waals surface area contributed by atoms with E-state index >= 15 is 0 Å². The van der Waals surface area contributed by atoms with E-state index in [1.54, 1.807) is 11.1 Å². The molecule has 1 aliphatic heterocycles. The van der Waals surface area contributed by atoms with Crippen LogP contribution in [-0.4, -0.2) is 47.7 Å². The molecule has 198 valence electrons. The number of amides is 1. The molecule has 0 aliphatic carbocycles. The third-order valence-electron chi connectivity index (χ3n) is 4.82. The maximum absolute atomic E-state index is 12.8. The van der Waals surface area contributed by atoms with Gasteiger partial charge in [-0.25, -0.2) is 4.99 Å². The van der Waals surface area contributed by atoms with Crippen LogP contribution < -0.4 is 0 Å². The molecule has 0 N–H and O–H groups in total. The van der Waals surface area contributed by atoms with Crippen LogP contribution in [0.5, 0.6) is 0 Å². The largest absolute Gasteiger partial charge is 0.416 e. The van der Waals surface area contributed by atoms with E-state index in [9.17, 15) is 18.0 Å². The highest BCUT2D eigenvalue weighted by atomic mass is 19.4. The monoisotopic (exact) mass is 495 g/mol. The van der Waals surface area contributed by atoms with E-state index in [-0.39, 0.29) is 13.3 Å². The van der Waals surface area contributed by atoms with Gasteiger partial charge in [0.1, 0.15) is 5.84 Å². The highest BCUT2D eigenvalue weighted by Crippen LogP contribution is 2.29. The van der Waals surface area contributed by atoms with Crippen LogP contribution in [-0.2, 0) is 17.4 Å². The molecule has 2 rings (SSSR count). The Bertz CT molecular complexity index is 817. The Kier molecular flexibility index (Phi) is 18.1. The number of alkyl halides is 3. The number of aliphatic imine (C=N–C) groups is 1. The molecule has 1 aromatic rings. The van der Waals surface area contributed by atoms with Crippen LogP contribution >= 0.6 is 0 Å². The van der Waals surface area contributed by atoms with Gasteiger partial charge in [-0.05, 0) is 42.7 Å². The zero-order valence-electron chi connectivity index (χ0n) is 21.5. The van der Waals surface area contributed by atoms with Gasteiger partial charge in [0.2, 0.25) is 5.91 Å². The standard InChI is InChI=1S/C23H28F3N3O.2C2H6.CH4/c1-4-7-19(17-18-8-10-20(11-9-18)23(24,25)26)22(27-12-5-2)29-15-13-28(14-16-29)21(30)6-3;2*1-2;/h5-12H,3-4,13-17H2,1-2H3;2*1-2H3;1H4/b12-5-,19-7+,27-22-;;;. The Labute approximate surface area is 210 Å². The average molecular weight is 496 g/mol. The van der Waals surface area contributed by atoms with Crippen molar-refractivity contribution in [1.29, 1.82) is 0 Å². The summed E-state index contributed by atoms with van der Waals surface area (Å²) < 4.78 is 38.5. The molecule has 4 nitrogen and oxygen atoms in total. The SMILES string of the molecule is C.C=CC(=O)N1CCN(C(=N\C=C/C)/C(=C/CC)Cc2ccc(C(F)(F)F)cc2)CC1.CC.CC. The van der Waals surface area contributed by atoms with Crippen LogP contribution in [0.3, 0.4) is 0 Å². The van der Waals surface area contributed by atoms with E-state index < -0.39 is 11.7 Å². The van der Waals surface area contributed by atoms with Crippen LogP contribution in [0.2, 0.25) is 0 Å². The zero-order chi connectivity index (χ0) is 26.1. The van der Waals surface area contributed by atoms with Crippen molar-refractivity contribution < 1.29 is 18.0 Å². The van der Waals surface area contributed by atoms with E-state index in [2.05, 4.69) is 22.5 Å². The Hall–Kier alpha value is -2.83. The lowest BCUT2D eigenvalue weighted by atomic mass is 10.0. The van der Waals surface area contributed by atoms with Crippen molar-refractivity contribution in [3.8, 4) is 0 Å². The minimum atomic E-state index is -4.35.